The highest BCUT2D eigenvalue weighted by molar-refractivity contribution is 9.10. The van der Waals surface area contributed by atoms with E-state index in [1.165, 1.54) is 24.4 Å². The standard InChI is InChI=1S/C19H10BrF4N5O/c20-11-3-6-16(25-9-11)27-18(30)14-8-17-26-13(10-1-4-12(21)5-2-10)7-15(19(22,23)24)29(17)28-14/h1-9H,(H,25,27,30). The van der Waals surface area contributed by atoms with Crippen molar-refractivity contribution in [2.75, 3.05) is 5.32 Å². The molecule has 0 bridgehead atoms. The quantitative estimate of drug-likeness (QED) is 0.421. The molecular weight excluding hydrogens is 470 g/mol. The third-order valence-electron chi connectivity index (χ3n) is 4.06. The number of halogens is 5. The number of nitrogens with one attached hydrogen (secondary N) is 1. The molecule has 0 saturated carbocycles. The third-order valence-corrected chi connectivity index (χ3v) is 4.53. The predicted octanol–water partition coefficient (Wildman–Crippen LogP) is 4.96. The van der Waals surface area contributed by atoms with Crippen LogP contribution in [0.4, 0.5) is 23.4 Å². The lowest BCUT2D eigenvalue weighted by molar-refractivity contribution is -0.142. The molecule has 0 radical (unpaired) electrons. The fourth-order valence-corrected chi connectivity index (χ4v) is 2.92. The van der Waals surface area contributed by atoms with Crippen LogP contribution in [0.5, 0.6) is 0 Å². The molecule has 30 heavy (non-hydrogen) atoms. The van der Waals surface area contributed by atoms with Crippen LogP contribution in [0.1, 0.15) is 16.2 Å². The van der Waals surface area contributed by atoms with Gasteiger partial charge in [-0.3, -0.25) is 4.79 Å². The molecule has 4 aromatic rings. The van der Waals surface area contributed by atoms with Gasteiger partial charge >= 0.3 is 6.18 Å². The van der Waals surface area contributed by atoms with E-state index < -0.39 is 23.6 Å². The second kappa shape index (κ2) is 7.48. The molecule has 11 heteroatoms. The molecule has 0 aliphatic heterocycles. The van der Waals surface area contributed by atoms with E-state index in [0.29, 0.717) is 8.99 Å². The Kier molecular flexibility index (Phi) is 4.98. The highest BCUT2D eigenvalue weighted by Crippen LogP contribution is 2.32. The SMILES string of the molecule is O=C(Nc1ccc(Br)cn1)c1cc2nc(-c3ccc(F)cc3)cc(C(F)(F)F)n2n1. The summed E-state index contributed by atoms with van der Waals surface area (Å²) in [5.41, 5.74) is -1.31. The minimum absolute atomic E-state index is 0.0312. The normalized spacial score (nSPS) is 11.6. The number of fused-ring (bicyclic) bond motifs is 1. The zero-order valence-corrected chi connectivity index (χ0v) is 16.4. The topological polar surface area (TPSA) is 72.2 Å². The molecule has 0 unspecified atom stereocenters. The highest BCUT2D eigenvalue weighted by atomic mass is 79.9. The second-order valence-electron chi connectivity index (χ2n) is 6.15. The lowest BCUT2D eigenvalue weighted by atomic mass is 10.1. The van der Waals surface area contributed by atoms with Crippen molar-refractivity contribution in [2.24, 2.45) is 0 Å². The molecule has 0 aliphatic carbocycles. The van der Waals surface area contributed by atoms with Gasteiger partial charge in [-0.25, -0.2) is 18.9 Å². The Bertz CT molecular complexity index is 1240. The van der Waals surface area contributed by atoms with Gasteiger partial charge in [0.25, 0.3) is 5.91 Å². The highest BCUT2D eigenvalue weighted by Gasteiger charge is 2.35. The second-order valence-corrected chi connectivity index (χ2v) is 7.06. The molecule has 0 atom stereocenters. The Morgan fingerprint density at radius 1 is 1.07 bits per heavy atom. The van der Waals surface area contributed by atoms with Crippen LogP contribution >= 0.6 is 15.9 Å². The maximum Gasteiger partial charge on any atom is 0.433 e. The fraction of sp³-hybridized carbons (Fsp3) is 0.0526. The van der Waals surface area contributed by atoms with Gasteiger partial charge in [-0.05, 0) is 58.4 Å². The average Bonchev–Trinajstić information content (AvgIpc) is 3.13. The van der Waals surface area contributed by atoms with Crippen LogP contribution in [0.25, 0.3) is 16.9 Å². The summed E-state index contributed by atoms with van der Waals surface area (Å²) in [5, 5.41) is 6.23. The van der Waals surface area contributed by atoms with E-state index in [2.05, 4.69) is 36.3 Å². The van der Waals surface area contributed by atoms with Gasteiger partial charge < -0.3 is 5.32 Å². The van der Waals surface area contributed by atoms with Crippen molar-refractivity contribution in [3.63, 3.8) is 0 Å². The number of aromatic nitrogens is 4. The first-order chi connectivity index (χ1) is 14.2. The number of benzene rings is 1. The van der Waals surface area contributed by atoms with Crippen molar-refractivity contribution in [3.05, 3.63) is 76.4 Å². The Hall–Kier alpha value is -3.34. The van der Waals surface area contributed by atoms with E-state index in [1.807, 2.05) is 0 Å². The molecular formula is C19H10BrF4N5O. The van der Waals surface area contributed by atoms with Gasteiger partial charge in [-0.2, -0.15) is 18.3 Å². The van der Waals surface area contributed by atoms with Crippen molar-refractivity contribution >= 4 is 33.3 Å². The smallest absolute Gasteiger partial charge is 0.305 e. The van der Waals surface area contributed by atoms with Crippen molar-refractivity contribution in [3.8, 4) is 11.3 Å². The van der Waals surface area contributed by atoms with Gasteiger partial charge in [0.05, 0.1) is 5.69 Å². The third kappa shape index (κ3) is 4.01. The molecule has 0 spiro atoms. The maximum absolute atomic E-state index is 13.6. The molecule has 6 nitrogen and oxygen atoms in total. The average molecular weight is 480 g/mol. The zero-order chi connectivity index (χ0) is 21.5. The summed E-state index contributed by atoms with van der Waals surface area (Å²) < 4.78 is 55.2. The van der Waals surface area contributed by atoms with Crippen LogP contribution in [0.15, 0.2) is 59.2 Å². The number of carbonyl (C=O) groups is 1. The number of carbonyl (C=O) groups excluding carboxylic acids is 1. The van der Waals surface area contributed by atoms with E-state index in [4.69, 9.17) is 0 Å². The molecule has 4 rings (SSSR count). The van der Waals surface area contributed by atoms with Crippen molar-refractivity contribution in [1.82, 2.24) is 19.6 Å². The lowest BCUT2D eigenvalue weighted by Crippen LogP contribution is -2.16. The number of pyridine rings is 1. The predicted molar refractivity (Wildman–Crippen MR) is 103 cm³/mol. The summed E-state index contributed by atoms with van der Waals surface area (Å²) in [7, 11) is 0. The van der Waals surface area contributed by atoms with Crippen LogP contribution in [0, 0.1) is 5.82 Å². The first-order valence-electron chi connectivity index (χ1n) is 8.37. The van der Waals surface area contributed by atoms with Gasteiger partial charge in [0.15, 0.2) is 17.0 Å². The molecule has 152 valence electrons. The molecule has 1 N–H and O–H groups in total. The maximum atomic E-state index is 13.6. The summed E-state index contributed by atoms with van der Waals surface area (Å²) in [5.74, 6) is -1.07. The first kappa shape index (κ1) is 20.0. The molecule has 3 aromatic heterocycles. The fourth-order valence-electron chi connectivity index (χ4n) is 2.69. The summed E-state index contributed by atoms with van der Waals surface area (Å²) in [6.45, 7) is 0. The number of nitrogens with zero attached hydrogens (tertiary/aromatic N) is 4. The van der Waals surface area contributed by atoms with Gasteiger partial charge in [-0.1, -0.05) is 0 Å². The molecule has 1 aromatic carbocycles. The lowest BCUT2D eigenvalue weighted by Gasteiger charge is -2.11. The minimum atomic E-state index is -4.76. The number of anilines is 1. The largest absolute Gasteiger partial charge is 0.433 e. The molecule has 1 amide bonds. The number of hydrogen-bond donors (Lipinski definition) is 1. The van der Waals surface area contributed by atoms with Crippen LogP contribution in [0.2, 0.25) is 0 Å². The van der Waals surface area contributed by atoms with Crippen LogP contribution in [-0.2, 0) is 6.18 Å². The Labute approximate surface area is 174 Å². The zero-order valence-electron chi connectivity index (χ0n) is 14.8. The van der Waals surface area contributed by atoms with Gasteiger partial charge in [0, 0.05) is 22.3 Å². The van der Waals surface area contributed by atoms with Gasteiger partial charge in [0.1, 0.15) is 11.6 Å². The van der Waals surface area contributed by atoms with Crippen LogP contribution in [-0.4, -0.2) is 25.5 Å². The van der Waals surface area contributed by atoms with Crippen molar-refractivity contribution < 1.29 is 22.4 Å². The van der Waals surface area contributed by atoms with Crippen LogP contribution < -0.4 is 5.32 Å². The number of amides is 1. The molecule has 0 fully saturated rings. The summed E-state index contributed by atoms with van der Waals surface area (Å²) >= 11 is 3.21. The van der Waals surface area contributed by atoms with E-state index in [9.17, 15) is 22.4 Å². The van der Waals surface area contributed by atoms with E-state index >= 15 is 0 Å². The van der Waals surface area contributed by atoms with Crippen molar-refractivity contribution in [2.45, 2.75) is 6.18 Å². The Morgan fingerprint density at radius 3 is 2.43 bits per heavy atom. The summed E-state index contributed by atoms with van der Waals surface area (Å²) in [6, 6.07) is 9.97. The number of hydrogen-bond acceptors (Lipinski definition) is 4. The van der Waals surface area contributed by atoms with Gasteiger partial charge in [0.2, 0.25) is 0 Å². The molecule has 3 heterocycles. The van der Waals surface area contributed by atoms with E-state index in [-0.39, 0.29) is 28.4 Å². The Morgan fingerprint density at radius 2 is 1.80 bits per heavy atom. The first-order valence-corrected chi connectivity index (χ1v) is 9.17. The van der Waals surface area contributed by atoms with E-state index in [0.717, 1.165) is 24.3 Å². The van der Waals surface area contributed by atoms with Crippen LogP contribution in [0.3, 0.4) is 0 Å². The molecule has 0 saturated heterocycles. The van der Waals surface area contributed by atoms with Crippen molar-refractivity contribution in [1.29, 1.82) is 0 Å². The summed E-state index contributed by atoms with van der Waals surface area (Å²) in [4.78, 5) is 20.6. The van der Waals surface area contributed by atoms with E-state index in [1.54, 1.807) is 6.07 Å². The number of alkyl halides is 3. The summed E-state index contributed by atoms with van der Waals surface area (Å²) in [6.07, 6.45) is -3.30. The van der Waals surface area contributed by atoms with Gasteiger partial charge in [-0.15, -0.1) is 0 Å². The monoisotopic (exact) mass is 479 g/mol. The Balaban J connectivity index is 1.77. The molecule has 0 aliphatic rings. The minimum Gasteiger partial charge on any atom is -0.305 e. The number of rotatable bonds is 3.